The molecule has 0 aliphatic rings. The third-order valence-corrected chi connectivity index (χ3v) is 5.16. The van der Waals surface area contributed by atoms with Gasteiger partial charge in [0.05, 0.1) is 27.2 Å². The summed E-state index contributed by atoms with van der Waals surface area (Å²) >= 11 is 12.5. The van der Waals surface area contributed by atoms with Crippen molar-refractivity contribution in [3.63, 3.8) is 0 Å². The smallest absolute Gasteiger partial charge is 0.349 e. The quantitative estimate of drug-likeness (QED) is 0.389. The second-order valence-corrected chi connectivity index (χ2v) is 7.81. The van der Waals surface area contributed by atoms with Gasteiger partial charge in [-0.3, -0.25) is 9.59 Å². The largest absolute Gasteiger partial charge is 0.481 e. The van der Waals surface area contributed by atoms with Gasteiger partial charge in [0.2, 0.25) is 0 Å². The van der Waals surface area contributed by atoms with E-state index in [0.29, 0.717) is 26.8 Å². The molecule has 1 amide bonds. The average Bonchev–Trinajstić information content (AvgIpc) is 2.80. The molecule has 0 atom stereocenters. The molecule has 0 radical (unpaired) electrons. The lowest BCUT2D eigenvalue weighted by Crippen LogP contribution is -2.32. The van der Waals surface area contributed by atoms with Crippen molar-refractivity contribution in [1.29, 1.82) is 0 Å². The molecule has 1 heterocycles. The van der Waals surface area contributed by atoms with Crippen molar-refractivity contribution in [3.8, 4) is 5.75 Å². The number of nitrogens with one attached hydrogen (secondary N) is 2. The van der Waals surface area contributed by atoms with Crippen LogP contribution >= 0.6 is 23.2 Å². The molecule has 2 N–H and O–H groups in total. The van der Waals surface area contributed by atoms with Gasteiger partial charge in [0.15, 0.2) is 12.4 Å². The van der Waals surface area contributed by atoms with Gasteiger partial charge in [-0.1, -0.05) is 35.3 Å². The zero-order valence-electron chi connectivity index (χ0n) is 17.2. The highest BCUT2D eigenvalue weighted by Crippen LogP contribution is 2.33. The lowest BCUT2D eigenvalue weighted by atomic mass is 10.2. The van der Waals surface area contributed by atoms with Crippen LogP contribution in [0.25, 0.3) is 10.9 Å². The Bertz CT molecular complexity index is 1510. The summed E-state index contributed by atoms with van der Waals surface area (Å²) in [7, 11) is 0. The number of aromatic nitrogens is 2. The highest BCUT2D eigenvalue weighted by atomic mass is 35.5. The number of aromatic amines is 1. The van der Waals surface area contributed by atoms with Gasteiger partial charge in [-0.15, -0.1) is 4.68 Å². The molecule has 0 spiro atoms. The Kier molecular flexibility index (Phi) is 6.76. The molecule has 8 nitrogen and oxygen atoms in total. The molecule has 0 aliphatic carbocycles. The van der Waals surface area contributed by atoms with Crippen LogP contribution in [0, 0.1) is 5.82 Å². The number of rotatable bonds is 6. The minimum absolute atomic E-state index is 0.0652. The fourth-order valence-electron chi connectivity index (χ4n) is 3.04. The fraction of sp³-hybridized carbons (Fsp3) is 0.0435. The van der Waals surface area contributed by atoms with E-state index < -0.39 is 29.6 Å². The summed E-state index contributed by atoms with van der Waals surface area (Å²) in [5.41, 5.74) is -0.0977. The van der Waals surface area contributed by atoms with E-state index in [1.807, 2.05) is 0 Å². The van der Waals surface area contributed by atoms with E-state index in [2.05, 4.69) is 15.4 Å². The van der Waals surface area contributed by atoms with Crippen LogP contribution in [0.15, 0.2) is 75.4 Å². The molecule has 0 fully saturated rings. The number of para-hydroxylation sites is 1. The van der Waals surface area contributed by atoms with E-state index in [1.165, 1.54) is 42.6 Å². The summed E-state index contributed by atoms with van der Waals surface area (Å²) in [5.74, 6) is -0.860. The molecule has 0 aliphatic heterocycles. The van der Waals surface area contributed by atoms with E-state index >= 15 is 0 Å². The summed E-state index contributed by atoms with van der Waals surface area (Å²) in [6, 6.07) is 14.7. The van der Waals surface area contributed by atoms with Gasteiger partial charge < -0.3 is 15.0 Å². The Morgan fingerprint density at radius 1 is 1.09 bits per heavy atom. The maximum Gasteiger partial charge on any atom is 0.349 e. The summed E-state index contributed by atoms with van der Waals surface area (Å²) in [5, 5.41) is 6.98. The first-order valence-corrected chi connectivity index (χ1v) is 10.5. The summed E-state index contributed by atoms with van der Waals surface area (Å²) in [4.78, 5) is 39.4. The highest BCUT2D eigenvalue weighted by Gasteiger charge is 2.12. The molecule has 4 aromatic rings. The molecule has 11 heteroatoms. The van der Waals surface area contributed by atoms with E-state index in [9.17, 15) is 18.8 Å². The minimum atomic E-state index is -0.704. The van der Waals surface area contributed by atoms with E-state index in [-0.39, 0.29) is 15.8 Å². The normalized spacial score (nSPS) is 11.1. The van der Waals surface area contributed by atoms with Crippen LogP contribution < -0.4 is 21.3 Å². The number of hydrogen-bond acceptors (Lipinski definition) is 5. The topological polar surface area (TPSA) is 106 Å². The second kappa shape index (κ2) is 9.90. The highest BCUT2D eigenvalue weighted by molar-refractivity contribution is 6.37. The number of hydrogen-bond donors (Lipinski definition) is 2. The molecule has 0 saturated heterocycles. The van der Waals surface area contributed by atoms with Gasteiger partial charge in [0, 0.05) is 5.69 Å². The molecule has 0 bridgehead atoms. The van der Waals surface area contributed by atoms with Crippen molar-refractivity contribution in [2.24, 2.45) is 5.10 Å². The Balaban J connectivity index is 1.49. The van der Waals surface area contributed by atoms with Gasteiger partial charge in [0.25, 0.3) is 11.5 Å². The van der Waals surface area contributed by atoms with Crippen molar-refractivity contribution in [3.05, 3.63) is 103 Å². The summed E-state index contributed by atoms with van der Waals surface area (Å²) in [6.45, 7) is -0.397. The van der Waals surface area contributed by atoms with Crippen molar-refractivity contribution in [1.82, 2.24) is 9.66 Å². The predicted molar refractivity (Wildman–Crippen MR) is 129 cm³/mol. The first kappa shape index (κ1) is 23.2. The number of amides is 1. The average molecular weight is 501 g/mol. The second-order valence-electron chi connectivity index (χ2n) is 6.99. The molecule has 1 aromatic heterocycles. The van der Waals surface area contributed by atoms with Gasteiger partial charge in [-0.25, -0.2) is 9.18 Å². The maximum atomic E-state index is 13.0. The molecule has 3 aromatic carbocycles. The van der Waals surface area contributed by atoms with Crippen molar-refractivity contribution < 1.29 is 13.9 Å². The van der Waals surface area contributed by atoms with Crippen LogP contribution in [0.5, 0.6) is 5.75 Å². The first-order chi connectivity index (χ1) is 16.3. The van der Waals surface area contributed by atoms with E-state index in [0.717, 1.165) is 0 Å². The number of benzene rings is 3. The van der Waals surface area contributed by atoms with Crippen molar-refractivity contribution >= 4 is 51.9 Å². The zero-order valence-corrected chi connectivity index (χ0v) is 18.7. The number of nitrogens with zero attached hydrogens (tertiary/aromatic N) is 2. The molecule has 0 saturated carbocycles. The van der Waals surface area contributed by atoms with Gasteiger partial charge >= 0.3 is 5.69 Å². The molecular formula is C23H15Cl2FN4O4. The molecule has 172 valence electrons. The zero-order chi connectivity index (χ0) is 24.2. The Morgan fingerprint density at radius 2 is 1.76 bits per heavy atom. The molecule has 0 unspecified atom stereocenters. The maximum absolute atomic E-state index is 13.0. The molecule has 34 heavy (non-hydrogen) atoms. The van der Waals surface area contributed by atoms with Crippen LogP contribution in [0.4, 0.5) is 10.1 Å². The number of carbonyl (C=O) groups excluding carboxylic acids is 1. The van der Waals surface area contributed by atoms with Crippen LogP contribution in [-0.4, -0.2) is 28.4 Å². The summed E-state index contributed by atoms with van der Waals surface area (Å²) < 4.78 is 19.1. The van der Waals surface area contributed by atoms with Crippen molar-refractivity contribution in [2.45, 2.75) is 0 Å². The van der Waals surface area contributed by atoms with E-state index in [1.54, 1.807) is 24.3 Å². The minimum Gasteiger partial charge on any atom is -0.481 e. The van der Waals surface area contributed by atoms with Gasteiger partial charge in [-0.2, -0.15) is 5.10 Å². The van der Waals surface area contributed by atoms with Crippen molar-refractivity contribution in [2.75, 3.05) is 11.9 Å². The van der Waals surface area contributed by atoms with Crippen LogP contribution in [-0.2, 0) is 4.79 Å². The molecular weight excluding hydrogens is 486 g/mol. The molecule has 4 rings (SSSR count). The third kappa shape index (κ3) is 5.16. The monoisotopic (exact) mass is 500 g/mol. The van der Waals surface area contributed by atoms with Crippen LogP contribution in [0.2, 0.25) is 10.0 Å². The summed E-state index contributed by atoms with van der Waals surface area (Å²) in [6.07, 6.45) is 1.24. The lowest BCUT2D eigenvalue weighted by molar-refractivity contribution is -0.118. The third-order valence-electron chi connectivity index (χ3n) is 4.60. The number of fused-ring (bicyclic) bond motifs is 1. The predicted octanol–water partition coefficient (Wildman–Crippen LogP) is 4.04. The number of anilines is 1. The first-order valence-electron chi connectivity index (χ1n) is 9.77. The fourth-order valence-corrected chi connectivity index (χ4v) is 3.66. The van der Waals surface area contributed by atoms with Crippen LogP contribution in [0.1, 0.15) is 5.56 Å². The number of ether oxygens (including phenoxy) is 1. The SMILES string of the molecule is O=C(COc1c(Cl)cc(C=Nn2c(=O)[nH]c3ccccc3c2=O)cc1Cl)Nc1ccc(F)cc1. The lowest BCUT2D eigenvalue weighted by Gasteiger charge is -2.11. The Morgan fingerprint density at radius 3 is 2.47 bits per heavy atom. The standard InChI is InChI=1S/C23H15Cl2FN4O4/c24-17-9-13(11-27-30-22(32)16-3-1-2-4-19(16)29-23(30)33)10-18(25)21(17)34-12-20(31)28-15-7-5-14(26)6-8-15/h1-11H,12H2,(H,28,31)(H,29,33). The number of H-pyrrole nitrogens is 1. The number of halogens is 3. The Hall–Kier alpha value is -3.95. The van der Waals surface area contributed by atoms with Gasteiger partial charge in [-0.05, 0) is 54.1 Å². The number of carbonyl (C=O) groups is 1. The van der Waals surface area contributed by atoms with Gasteiger partial charge in [0.1, 0.15) is 5.82 Å². The van der Waals surface area contributed by atoms with Crippen LogP contribution in [0.3, 0.4) is 0 Å². The Labute approximate surface area is 201 Å². The van der Waals surface area contributed by atoms with E-state index in [4.69, 9.17) is 27.9 Å².